The highest BCUT2D eigenvalue weighted by Gasteiger charge is 2.32. The summed E-state index contributed by atoms with van der Waals surface area (Å²) in [7, 11) is -3.63. The zero-order valence-corrected chi connectivity index (χ0v) is 18.0. The van der Waals surface area contributed by atoms with Gasteiger partial charge in [-0.1, -0.05) is 17.7 Å². The molecule has 0 atom stereocenters. The van der Waals surface area contributed by atoms with Gasteiger partial charge in [0, 0.05) is 24.7 Å². The smallest absolute Gasteiger partial charge is 0.251 e. The van der Waals surface area contributed by atoms with Crippen molar-refractivity contribution < 1.29 is 28.5 Å². The van der Waals surface area contributed by atoms with Crippen LogP contribution in [0, 0.1) is 20.8 Å². The number of phenols is 3. The number of phenolic OH excluding ortho intramolecular Hbond substituents is 3. The average molecular weight is 435 g/mol. The molecule has 30 heavy (non-hydrogen) atoms. The predicted octanol–water partition coefficient (Wildman–Crippen LogP) is 2.31. The van der Waals surface area contributed by atoms with Crippen molar-refractivity contribution in [3.63, 3.8) is 0 Å². The maximum atomic E-state index is 13.2. The second kappa shape index (κ2) is 8.16. The quantitative estimate of drug-likeness (QED) is 0.547. The van der Waals surface area contributed by atoms with E-state index in [4.69, 9.17) is 0 Å². The Morgan fingerprint density at radius 1 is 0.967 bits per heavy atom. The molecule has 8 nitrogen and oxygen atoms in total. The first-order chi connectivity index (χ1) is 14.0. The van der Waals surface area contributed by atoms with Gasteiger partial charge in [-0.25, -0.2) is 8.42 Å². The first-order valence-corrected chi connectivity index (χ1v) is 11.1. The van der Waals surface area contributed by atoms with Crippen molar-refractivity contribution >= 4 is 15.9 Å². The monoisotopic (exact) mass is 434 g/mol. The number of benzene rings is 2. The summed E-state index contributed by atoms with van der Waals surface area (Å²) < 4.78 is 27.8. The number of hydrogen-bond acceptors (Lipinski definition) is 6. The van der Waals surface area contributed by atoms with Gasteiger partial charge in [-0.15, -0.1) is 0 Å². The van der Waals surface area contributed by atoms with Crippen LogP contribution < -0.4 is 5.32 Å². The number of nitrogens with zero attached hydrogens (tertiary/aromatic N) is 1. The lowest BCUT2D eigenvalue weighted by Crippen LogP contribution is -2.46. The molecule has 1 saturated heterocycles. The Labute approximate surface area is 175 Å². The van der Waals surface area contributed by atoms with Crippen LogP contribution in [0.3, 0.4) is 0 Å². The molecular formula is C21H26N2O6S. The molecule has 9 heteroatoms. The lowest BCUT2D eigenvalue weighted by atomic mass is 10.1. The number of carbonyl (C=O) groups is 1. The fourth-order valence-electron chi connectivity index (χ4n) is 3.95. The first-order valence-electron chi connectivity index (χ1n) is 9.64. The lowest BCUT2D eigenvalue weighted by Gasteiger charge is -2.32. The lowest BCUT2D eigenvalue weighted by molar-refractivity contribution is 0.0923. The van der Waals surface area contributed by atoms with E-state index in [1.807, 2.05) is 19.1 Å². The molecule has 162 valence electrons. The predicted molar refractivity (Wildman–Crippen MR) is 111 cm³/mol. The fraction of sp³-hybridized carbons (Fsp3) is 0.381. The van der Waals surface area contributed by atoms with Crippen LogP contribution in [0.4, 0.5) is 0 Å². The van der Waals surface area contributed by atoms with Crippen LogP contribution >= 0.6 is 0 Å². The number of hydrogen-bond donors (Lipinski definition) is 4. The Morgan fingerprint density at radius 2 is 1.47 bits per heavy atom. The molecule has 0 aliphatic carbocycles. The molecule has 2 aromatic rings. The SMILES string of the molecule is Cc1cc(C)c(S(=O)(=O)N2CCC(NC(=O)c3cc(O)c(O)c(O)c3)CC2)c(C)c1. The Bertz CT molecular complexity index is 1040. The van der Waals surface area contributed by atoms with E-state index in [0.29, 0.717) is 17.7 Å². The van der Waals surface area contributed by atoms with Gasteiger partial charge in [0.1, 0.15) is 0 Å². The second-order valence-electron chi connectivity index (χ2n) is 7.74. The highest BCUT2D eigenvalue weighted by Crippen LogP contribution is 2.35. The van der Waals surface area contributed by atoms with Crippen molar-refractivity contribution in [2.24, 2.45) is 0 Å². The average Bonchev–Trinajstić information content (AvgIpc) is 2.65. The minimum Gasteiger partial charge on any atom is -0.504 e. The van der Waals surface area contributed by atoms with Crippen LogP contribution in [0.5, 0.6) is 17.2 Å². The van der Waals surface area contributed by atoms with Gasteiger partial charge < -0.3 is 20.6 Å². The molecule has 1 aliphatic heterocycles. The molecule has 1 amide bonds. The number of piperidine rings is 1. The summed E-state index contributed by atoms with van der Waals surface area (Å²) in [4.78, 5) is 12.7. The van der Waals surface area contributed by atoms with E-state index in [2.05, 4.69) is 5.32 Å². The van der Waals surface area contributed by atoms with Crippen molar-refractivity contribution in [2.75, 3.05) is 13.1 Å². The zero-order valence-electron chi connectivity index (χ0n) is 17.1. The van der Waals surface area contributed by atoms with Crippen LogP contribution in [0.2, 0.25) is 0 Å². The third-order valence-corrected chi connectivity index (χ3v) is 7.53. The molecule has 0 aromatic heterocycles. The maximum absolute atomic E-state index is 13.2. The van der Waals surface area contributed by atoms with E-state index in [1.165, 1.54) is 4.31 Å². The first kappa shape index (κ1) is 21.9. The molecule has 0 saturated carbocycles. The van der Waals surface area contributed by atoms with Crippen molar-refractivity contribution in [3.8, 4) is 17.2 Å². The van der Waals surface area contributed by atoms with E-state index in [0.717, 1.165) is 28.8 Å². The van der Waals surface area contributed by atoms with E-state index in [1.54, 1.807) is 13.8 Å². The van der Waals surface area contributed by atoms with Crippen molar-refractivity contribution in [2.45, 2.75) is 44.6 Å². The van der Waals surface area contributed by atoms with Crippen LogP contribution in [-0.2, 0) is 10.0 Å². The van der Waals surface area contributed by atoms with E-state index < -0.39 is 33.2 Å². The molecule has 4 N–H and O–H groups in total. The van der Waals surface area contributed by atoms with Crippen molar-refractivity contribution in [1.29, 1.82) is 0 Å². The summed E-state index contributed by atoms with van der Waals surface area (Å²) >= 11 is 0. The Balaban J connectivity index is 1.68. The Hall–Kier alpha value is -2.78. The zero-order chi connectivity index (χ0) is 22.2. The van der Waals surface area contributed by atoms with Gasteiger partial charge in [0.2, 0.25) is 10.0 Å². The van der Waals surface area contributed by atoms with Gasteiger partial charge in [-0.3, -0.25) is 4.79 Å². The molecule has 3 rings (SSSR count). The number of aryl methyl sites for hydroxylation is 3. The molecule has 0 bridgehead atoms. The molecule has 0 unspecified atom stereocenters. The van der Waals surface area contributed by atoms with Crippen molar-refractivity contribution in [1.82, 2.24) is 9.62 Å². The summed E-state index contributed by atoms with van der Waals surface area (Å²) in [5.41, 5.74) is 2.45. The van der Waals surface area contributed by atoms with Gasteiger partial charge in [-0.05, 0) is 56.9 Å². The van der Waals surface area contributed by atoms with Crippen LogP contribution in [-0.4, -0.2) is 53.1 Å². The van der Waals surface area contributed by atoms with E-state index >= 15 is 0 Å². The number of nitrogens with one attached hydrogen (secondary N) is 1. The summed E-state index contributed by atoms with van der Waals surface area (Å²) in [6, 6.07) is 5.59. The molecule has 1 fully saturated rings. The number of aromatic hydroxyl groups is 3. The maximum Gasteiger partial charge on any atom is 0.251 e. The Kier molecular flexibility index (Phi) is 5.96. The summed E-state index contributed by atoms with van der Waals surface area (Å²) in [6.45, 7) is 6.06. The molecule has 0 spiro atoms. The Morgan fingerprint density at radius 3 is 1.97 bits per heavy atom. The van der Waals surface area contributed by atoms with Crippen LogP contribution in [0.25, 0.3) is 0 Å². The van der Waals surface area contributed by atoms with Gasteiger partial charge in [0.05, 0.1) is 4.90 Å². The number of carbonyl (C=O) groups excluding carboxylic acids is 1. The third kappa shape index (κ3) is 4.22. The van der Waals surface area contributed by atoms with E-state index in [9.17, 15) is 28.5 Å². The normalized spacial score (nSPS) is 15.8. The second-order valence-corrected chi connectivity index (χ2v) is 9.62. The summed E-state index contributed by atoms with van der Waals surface area (Å²) in [6.07, 6.45) is 0.871. The van der Waals surface area contributed by atoms with Crippen molar-refractivity contribution in [3.05, 3.63) is 46.5 Å². The van der Waals surface area contributed by atoms with Gasteiger partial charge in [0.25, 0.3) is 5.91 Å². The largest absolute Gasteiger partial charge is 0.504 e. The van der Waals surface area contributed by atoms with E-state index in [-0.39, 0.29) is 24.7 Å². The number of rotatable bonds is 4. The molecule has 2 aromatic carbocycles. The number of amides is 1. The summed E-state index contributed by atoms with van der Waals surface area (Å²) in [5, 5.41) is 31.3. The molecule has 1 heterocycles. The third-order valence-electron chi connectivity index (χ3n) is 5.32. The fourth-order valence-corrected chi connectivity index (χ4v) is 5.83. The number of sulfonamides is 1. The van der Waals surface area contributed by atoms with Gasteiger partial charge in [0.15, 0.2) is 17.2 Å². The standard InChI is InChI=1S/C21H26N2O6S/c1-12-8-13(2)20(14(3)9-12)30(28,29)23-6-4-16(5-7-23)22-21(27)15-10-17(24)19(26)18(25)11-15/h8-11,16,24-26H,4-7H2,1-3H3,(H,22,27). The van der Waals surface area contributed by atoms with Gasteiger partial charge >= 0.3 is 0 Å². The molecule has 0 radical (unpaired) electrons. The van der Waals surface area contributed by atoms with Crippen LogP contribution in [0.1, 0.15) is 39.9 Å². The van der Waals surface area contributed by atoms with Crippen LogP contribution in [0.15, 0.2) is 29.2 Å². The summed E-state index contributed by atoms with van der Waals surface area (Å²) in [5.74, 6) is -2.39. The topological polar surface area (TPSA) is 127 Å². The minimum absolute atomic E-state index is 0.00348. The van der Waals surface area contributed by atoms with Gasteiger partial charge in [-0.2, -0.15) is 4.31 Å². The minimum atomic E-state index is -3.63. The molecule has 1 aliphatic rings. The highest BCUT2D eigenvalue weighted by atomic mass is 32.2. The molecular weight excluding hydrogens is 408 g/mol. The highest BCUT2D eigenvalue weighted by molar-refractivity contribution is 7.89.